The molecule has 1 N–H and O–H groups in total. The maximum atomic E-state index is 12.3. The molecule has 5 rings (SSSR count). The van der Waals surface area contributed by atoms with E-state index < -0.39 is 0 Å². The minimum Gasteiger partial charge on any atom is -0.352 e. The summed E-state index contributed by atoms with van der Waals surface area (Å²) in [6, 6.07) is 9.72. The Labute approximate surface area is 213 Å². The van der Waals surface area contributed by atoms with E-state index in [0.717, 1.165) is 75.1 Å². The number of aromatic nitrogens is 2. The molecule has 8 heteroatoms. The summed E-state index contributed by atoms with van der Waals surface area (Å²) in [7, 11) is 0. The van der Waals surface area contributed by atoms with Crippen molar-refractivity contribution in [2.45, 2.75) is 70.6 Å². The van der Waals surface area contributed by atoms with E-state index in [-0.39, 0.29) is 5.91 Å². The first-order valence-electron chi connectivity index (χ1n) is 13.1. The first kappa shape index (κ1) is 24.5. The lowest BCUT2D eigenvalue weighted by Crippen LogP contribution is -2.58. The van der Waals surface area contributed by atoms with Crippen LogP contribution in [-0.2, 0) is 6.54 Å². The number of anilines is 1. The first-order valence-corrected chi connectivity index (χ1v) is 13.5. The molecule has 1 aromatic carbocycles. The molecule has 2 saturated heterocycles. The van der Waals surface area contributed by atoms with Gasteiger partial charge in [-0.05, 0) is 69.8 Å². The molecule has 1 amide bonds. The molecular weight excluding hydrogens is 460 g/mol. The van der Waals surface area contributed by atoms with Crippen LogP contribution in [0.25, 0.3) is 0 Å². The Morgan fingerprint density at radius 3 is 2.49 bits per heavy atom. The van der Waals surface area contributed by atoms with E-state index in [1.807, 2.05) is 19.1 Å². The van der Waals surface area contributed by atoms with Crippen LogP contribution in [0.15, 0.2) is 30.5 Å². The highest BCUT2D eigenvalue weighted by Crippen LogP contribution is 2.27. The molecule has 7 nitrogen and oxygen atoms in total. The van der Waals surface area contributed by atoms with E-state index in [0.29, 0.717) is 23.8 Å². The van der Waals surface area contributed by atoms with Gasteiger partial charge < -0.3 is 10.2 Å². The van der Waals surface area contributed by atoms with Gasteiger partial charge in [-0.15, -0.1) is 0 Å². The van der Waals surface area contributed by atoms with Gasteiger partial charge in [0.2, 0.25) is 0 Å². The Balaban J connectivity index is 1.16. The van der Waals surface area contributed by atoms with Crippen LogP contribution in [0.3, 0.4) is 0 Å². The number of nitrogens with one attached hydrogen (secondary N) is 1. The predicted molar refractivity (Wildman–Crippen MR) is 140 cm³/mol. The second-order valence-corrected chi connectivity index (χ2v) is 10.7. The van der Waals surface area contributed by atoms with E-state index in [1.54, 1.807) is 6.20 Å². The smallest absolute Gasteiger partial charge is 0.271 e. The van der Waals surface area contributed by atoms with Crippen molar-refractivity contribution in [1.82, 2.24) is 25.1 Å². The Kier molecular flexibility index (Phi) is 7.56. The van der Waals surface area contributed by atoms with Crippen molar-refractivity contribution in [2.24, 2.45) is 0 Å². The lowest BCUT2D eigenvalue weighted by Gasteiger charge is -2.47. The third-order valence-electron chi connectivity index (χ3n) is 7.71. The molecule has 0 unspecified atom stereocenters. The van der Waals surface area contributed by atoms with Crippen LogP contribution in [0.4, 0.5) is 5.82 Å². The van der Waals surface area contributed by atoms with Gasteiger partial charge in [0.25, 0.3) is 5.91 Å². The van der Waals surface area contributed by atoms with Gasteiger partial charge >= 0.3 is 0 Å². The summed E-state index contributed by atoms with van der Waals surface area (Å²) < 4.78 is 0. The van der Waals surface area contributed by atoms with Crippen molar-refractivity contribution in [2.75, 3.05) is 37.6 Å². The van der Waals surface area contributed by atoms with Gasteiger partial charge in [-0.1, -0.05) is 30.7 Å². The van der Waals surface area contributed by atoms with Gasteiger partial charge in [-0.2, -0.15) is 0 Å². The van der Waals surface area contributed by atoms with Gasteiger partial charge in [0.15, 0.2) is 0 Å². The number of carbonyl (C=O) groups is 1. The summed E-state index contributed by atoms with van der Waals surface area (Å²) in [5.41, 5.74) is 2.60. The lowest BCUT2D eigenvalue weighted by atomic mass is 9.97. The summed E-state index contributed by atoms with van der Waals surface area (Å²) in [6.45, 7) is 10.5. The monoisotopic (exact) mass is 496 g/mol. The SMILES string of the molecule is CC[C@H]1CN(c2ncc(C(=O)NC3CC3)nc2C)CCN1C1CCN(Cc2ccc(Cl)cc2)CC1. The second kappa shape index (κ2) is 10.8. The van der Waals surface area contributed by atoms with Crippen LogP contribution < -0.4 is 10.2 Å². The minimum absolute atomic E-state index is 0.103. The summed E-state index contributed by atoms with van der Waals surface area (Å²) in [4.78, 5) is 29.3. The number of halogens is 1. The molecule has 35 heavy (non-hydrogen) atoms. The molecule has 3 aliphatic rings. The average Bonchev–Trinajstić information content (AvgIpc) is 3.69. The molecule has 188 valence electrons. The molecule has 1 atom stereocenters. The van der Waals surface area contributed by atoms with Crippen LogP contribution in [0.1, 0.15) is 60.8 Å². The fraction of sp³-hybridized carbons (Fsp3) is 0.593. The Hall–Kier alpha value is -2.22. The molecule has 3 fully saturated rings. The fourth-order valence-corrected chi connectivity index (χ4v) is 5.67. The second-order valence-electron chi connectivity index (χ2n) is 10.3. The number of aryl methyl sites for hydroxylation is 1. The number of piperazine rings is 1. The molecule has 3 heterocycles. The number of benzene rings is 1. The number of likely N-dealkylation sites (tertiary alicyclic amines) is 1. The summed E-state index contributed by atoms with van der Waals surface area (Å²) in [5.74, 6) is 0.817. The van der Waals surface area contributed by atoms with Crippen LogP contribution >= 0.6 is 11.6 Å². The molecule has 0 bridgehead atoms. The van der Waals surface area contributed by atoms with Crippen molar-refractivity contribution in [3.63, 3.8) is 0 Å². The average molecular weight is 497 g/mol. The normalized spacial score (nSPS) is 22.4. The van der Waals surface area contributed by atoms with Gasteiger partial charge in [0.05, 0.1) is 11.9 Å². The summed E-state index contributed by atoms with van der Waals surface area (Å²) in [6.07, 6.45) is 7.33. The molecule has 2 aliphatic heterocycles. The van der Waals surface area contributed by atoms with Gasteiger partial charge in [-0.25, -0.2) is 9.97 Å². The third-order valence-corrected chi connectivity index (χ3v) is 7.96. The standard InChI is InChI=1S/C27H37ClN6O/c1-3-23-18-33(26-19(2)30-25(16-29-26)27(35)31-22-8-9-22)14-15-34(23)24-10-12-32(13-11-24)17-20-4-6-21(28)7-5-20/h4-7,16,22-24H,3,8-15,17-18H2,1-2H3,(H,31,35)/t23-/m0/s1. The summed E-state index contributed by atoms with van der Waals surface area (Å²) >= 11 is 6.04. The van der Waals surface area contributed by atoms with E-state index in [4.69, 9.17) is 11.6 Å². The lowest BCUT2D eigenvalue weighted by molar-refractivity contribution is 0.0610. The zero-order valence-electron chi connectivity index (χ0n) is 20.9. The highest BCUT2D eigenvalue weighted by molar-refractivity contribution is 6.30. The van der Waals surface area contributed by atoms with E-state index >= 15 is 0 Å². The Morgan fingerprint density at radius 2 is 1.83 bits per heavy atom. The zero-order chi connectivity index (χ0) is 24.4. The number of carbonyl (C=O) groups excluding carboxylic acids is 1. The highest BCUT2D eigenvalue weighted by atomic mass is 35.5. The topological polar surface area (TPSA) is 64.6 Å². The molecule has 2 aromatic rings. The maximum Gasteiger partial charge on any atom is 0.271 e. The van der Waals surface area contributed by atoms with Crippen molar-refractivity contribution < 1.29 is 4.79 Å². The predicted octanol–water partition coefficient (Wildman–Crippen LogP) is 3.90. The molecule has 1 aliphatic carbocycles. The van der Waals surface area contributed by atoms with E-state index in [9.17, 15) is 4.79 Å². The van der Waals surface area contributed by atoms with Crippen molar-refractivity contribution in [3.05, 3.63) is 52.4 Å². The fourth-order valence-electron chi connectivity index (χ4n) is 5.55. The van der Waals surface area contributed by atoms with Crippen molar-refractivity contribution in [1.29, 1.82) is 0 Å². The largest absolute Gasteiger partial charge is 0.352 e. The van der Waals surface area contributed by atoms with Crippen LogP contribution in [0.5, 0.6) is 0 Å². The van der Waals surface area contributed by atoms with E-state index in [1.165, 1.54) is 18.4 Å². The molecule has 0 radical (unpaired) electrons. The molecule has 1 aromatic heterocycles. The Morgan fingerprint density at radius 1 is 1.09 bits per heavy atom. The number of rotatable bonds is 7. The third kappa shape index (κ3) is 5.96. The number of hydrogen-bond donors (Lipinski definition) is 1. The number of nitrogens with zero attached hydrogens (tertiary/aromatic N) is 5. The van der Waals surface area contributed by atoms with Crippen molar-refractivity contribution in [3.8, 4) is 0 Å². The Bertz CT molecular complexity index is 1020. The van der Waals surface area contributed by atoms with Crippen molar-refractivity contribution >= 4 is 23.3 Å². The van der Waals surface area contributed by atoms with Crippen LogP contribution in [-0.4, -0.2) is 76.5 Å². The zero-order valence-corrected chi connectivity index (χ0v) is 21.7. The maximum absolute atomic E-state index is 12.3. The van der Waals surface area contributed by atoms with Gasteiger partial charge in [0.1, 0.15) is 11.5 Å². The highest BCUT2D eigenvalue weighted by Gasteiger charge is 2.34. The number of amides is 1. The van der Waals surface area contributed by atoms with Gasteiger partial charge in [0, 0.05) is 49.3 Å². The first-order chi connectivity index (χ1) is 17.0. The van der Waals surface area contributed by atoms with E-state index in [2.05, 4.69) is 49.0 Å². The minimum atomic E-state index is -0.103. The molecule has 0 spiro atoms. The number of piperidine rings is 1. The van der Waals surface area contributed by atoms with Crippen LogP contribution in [0, 0.1) is 6.92 Å². The summed E-state index contributed by atoms with van der Waals surface area (Å²) in [5, 5.41) is 3.80. The molecular formula is C27H37ClN6O. The number of hydrogen-bond acceptors (Lipinski definition) is 6. The van der Waals surface area contributed by atoms with Gasteiger partial charge in [-0.3, -0.25) is 14.6 Å². The van der Waals surface area contributed by atoms with Crippen LogP contribution in [0.2, 0.25) is 5.02 Å². The quantitative estimate of drug-likeness (QED) is 0.627. The molecule has 1 saturated carbocycles.